The summed E-state index contributed by atoms with van der Waals surface area (Å²) in [6.45, 7) is 8.50. The summed E-state index contributed by atoms with van der Waals surface area (Å²) in [6, 6.07) is 13.2. The van der Waals surface area contributed by atoms with Gasteiger partial charge in [-0.2, -0.15) is 4.98 Å². The van der Waals surface area contributed by atoms with E-state index in [0.717, 1.165) is 31.7 Å². The lowest BCUT2D eigenvalue weighted by molar-refractivity contribution is 0.0898. The summed E-state index contributed by atoms with van der Waals surface area (Å²) in [5.41, 5.74) is 9.96. The molecule has 1 fully saturated rings. The van der Waals surface area contributed by atoms with Gasteiger partial charge in [0.1, 0.15) is 5.82 Å². The molecule has 1 atom stereocenters. The predicted octanol–water partition coefficient (Wildman–Crippen LogP) is 3.28. The fourth-order valence-electron chi connectivity index (χ4n) is 3.79. The molecule has 1 aromatic heterocycles. The standard InChI is InChI=1S/C21H30N4O/c1-15(2)17-7-5-6-8-18(17)19-14-25(10-9-24(19)3)13-16-11-20(22)23-21(12-16)26-4/h5-8,11-12,15,19H,9-10,13-14H2,1-4H3,(H2,22,23). The van der Waals surface area contributed by atoms with Crippen LogP contribution in [0.3, 0.4) is 0 Å². The molecular weight excluding hydrogens is 324 g/mol. The zero-order chi connectivity index (χ0) is 18.7. The van der Waals surface area contributed by atoms with Gasteiger partial charge in [-0.25, -0.2) is 0 Å². The summed E-state index contributed by atoms with van der Waals surface area (Å²) < 4.78 is 5.26. The number of hydrogen-bond donors (Lipinski definition) is 1. The van der Waals surface area contributed by atoms with Crippen LogP contribution >= 0.6 is 0 Å². The molecule has 0 saturated carbocycles. The minimum atomic E-state index is 0.406. The summed E-state index contributed by atoms with van der Waals surface area (Å²) in [4.78, 5) is 9.15. The zero-order valence-electron chi connectivity index (χ0n) is 16.3. The molecule has 2 aromatic rings. The molecule has 3 rings (SSSR count). The lowest BCUT2D eigenvalue weighted by atomic mass is 9.91. The molecule has 5 nitrogen and oxygen atoms in total. The number of aromatic nitrogens is 1. The van der Waals surface area contributed by atoms with E-state index in [9.17, 15) is 0 Å². The van der Waals surface area contributed by atoms with E-state index in [4.69, 9.17) is 10.5 Å². The van der Waals surface area contributed by atoms with E-state index in [1.54, 1.807) is 7.11 Å². The zero-order valence-corrected chi connectivity index (χ0v) is 16.3. The molecule has 0 bridgehead atoms. The summed E-state index contributed by atoms with van der Waals surface area (Å²) in [7, 11) is 3.85. The van der Waals surface area contributed by atoms with Gasteiger partial charge in [0.25, 0.3) is 0 Å². The molecule has 26 heavy (non-hydrogen) atoms. The molecule has 1 aliphatic heterocycles. The summed E-state index contributed by atoms with van der Waals surface area (Å²) in [5.74, 6) is 1.62. The second kappa shape index (κ2) is 8.06. The average Bonchev–Trinajstić information content (AvgIpc) is 2.62. The van der Waals surface area contributed by atoms with E-state index in [1.807, 2.05) is 12.1 Å². The summed E-state index contributed by atoms with van der Waals surface area (Å²) in [5, 5.41) is 0. The highest BCUT2D eigenvalue weighted by molar-refractivity contribution is 5.37. The molecule has 1 saturated heterocycles. The molecule has 1 aromatic carbocycles. The van der Waals surface area contributed by atoms with Gasteiger partial charge in [-0.15, -0.1) is 0 Å². The van der Waals surface area contributed by atoms with E-state index in [1.165, 1.54) is 11.1 Å². The lowest BCUT2D eigenvalue weighted by Crippen LogP contribution is -2.46. The highest BCUT2D eigenvalue weighted by atomic mass is 16.5. The number of piperazine rings is 1. The first-order chi connectivity index (χ1) is 12.5. The minimum Gasteiger partial charge on any atom is -0.481 e. The second-order valence-electron chi connectivity index (χ2n) is 7.46. The molecule has 1 unspecified atom stereocenters. The number of benzene rings is 1. The van der Waals surface area contributed by atoms with Gasteiger partial charge in [0, 0.05) is 38.3 Å². The third-order valence-corrected chi connectivity index (χ3v) is 5.21. The normalized spacial score (nSPS) is 19.0. The van der Waals surface area contributed by atoms with Gasteiger partial charge in [0.05, 0.1) is 7.11 Å². The molecule has 2 heterocycles. The number of likely N-dealkylation sites (N-methyl/N-ethyl adjacent to an activating group) is 1. The van der Waals surface area contributed by atoms with Crippen molar-refractivity contribution in [3.05, 3.63) is 53.1 Å². The van der Waals surface area contributed by atoms with Crippen molar-refractivity contribution in [2.45, 2.75) is 32.4 Å². The van der Waals surface area contributed by atoms with Crippen LogP contribution in [0.2, 0.25) is 0 Å². The van der Waals surface area contributed by atoms with E-state index < -0.39 is 0 Å². The van der Waals surface area contributed by atoms with Crippen LogP contribution in [0.4, 0.5) is 5.82 Å². The van der Waals surface area contributed by atoms with Crippen molar-refractivity contribution in [1.29, 1.82) is 0 Å². The number of rotatable bonds is 5. The maximum absolute atomic E-state index is 5.92. The van der Waals surface area contributed by atoms with Gasteiger partial charge in [0.2, 0.25) is 5.88 Å². The van der Waals surface area contributed by atoms with Gasteiger partial charge >= 0.3 is 0 Å². The van der Waals surface area contributed by atoms with Crippen LogP contribution < -0.4 is 10.5 Å². The van der Waals surface area contributed by atoms with E-state index in [0.29, 0.717) is 23.7 Å². The van der Waals surface area contributed by atoms with Crippen LogP contribution in [0.1, 0.15) is 42.5 Å². The number of methoxy groups -OCH3 is 1. The quantitative estimate of drug-likeness (QED) is 0.893. The number of ether oxygens (including phenoxy) is 1. The van der Waals surface area contributed by atoms with E-state index >= 15 is 0 Å². The SMILES string of the molecule is COc1cc(CN2CCN(C)C(c3ccccc3C(C)C)C2)cc(N)n1. The Morgan fingerprint density at radius 1 is 1.23 bits per heavy atom. The van der Waals surface area contributed by atoms with Crippen molar-refractivity contribution >= 4 is 5.82 Å². The first-order valence-corrected chi connectivity index (χ1v) is 9.29. The maximum Gasteiger partial charge on any atom is 0.215 e. The fraction of sp³-hybridized carbons (Fsp3) is 0.476. The topological polar surface area (TPSA) is 54.6 Å². The third kappa shape index (κ3) is 4.17. The molecule has 5 heteroatoms. The van der Waals surface area contributed by atoms with Gasteiger partial charge in [0.15, 0.2) is 0 Å². The van der Waals surface area contributed by atoms with Gasteiger partial charge in [-0.05, 0) is 35.7 Å². The van der Waals surface area contributed by atoms with Crippen molar-refractivity contribution in [1.82, 2.24) is 14.8 Å². The van der Waals surface area contributed by atoms with Gasteiger partial charge < -0.3 is 10.5 Å². The predicted molar refractivity (Wildman–Crippen MR) is 106 cm³/mol. The summed E-state index contributed by atoms with van der Waals surface area (Å²) in [6.07, 6.45) is 0. The number of nitrogen functional groups attached to an aromatic ring is 1. The minimum absolute atomic E-state index is 0.406. The first-order valence-electron chi connectivity index (χ1n) is 9.29. The van der Waals surface area contributed by atoms with Crippen LogP contribution in [0.15, 0.2) is 36.4 Å². The smallest absolute Gasteiger partial charge is 0.215 e. The first kappa shape index (κ1) is 18.7. The van der Waals surface area contributed by atoms with E-state index in [-0.39, 0.29) is 0 Å². The Morgan fingerprint density at radius 2 is 2.00 bits per heavy atom. The number of anilines is 1. The Hall–Kier alpha value is -2.11. The molecule has 2 N–H and O–H groups in total. The molecule has 0 radical (unpaired) electrons. The molecule has 140 valence electrons. The Kier molecular flexibility index (Phi) is 5.79. The number of hydrogen-bond acceptors (Lipinski definition) is 5. The van der Waals surface area contributed by atoms with E-state index in [2.05, 4.69) is 59.9 Å². The summed E-state index contributed by atoms with van der Waals surface area (Å²) >= 11 is 0. The van der Waals surface area contributed by atoms with Crippen LogP contribution in [0.5, 0.6) is 5.88 Å². The van der Waals surface area contributed by atoms with Crippen LogP contribution in [0, 0.1) is 0 Å². The van der Waals surface area contributed by atoms with Crippen molar-refractivity contribution in [2.75, 3.05) is 39.5 Å². The maximum atomic E-state index is 5.92. The number of nitrogens with two attached hydrogens (primary N) is 1. The Bertz CT molecular complexity index is 747. The molecule has 1 aliphatic rings. The van der Waals surface area contributed by atoms with Gasteiger partial charge in [-0.3, -0.25) is 9.80 Å². The molecule has 0 aliphatic carbocycles. The Morgan fingerprint density at radius 3 is 2.73 bits per heavy atom. The second-order valence-corrected chi connectivity index (χ2v) is 7.46. The lowest BCUT2D eigenvalue weighted by Gasteiger charge is -2.40. The largest absolute Gasteiger partial charge is 0.481 e. The average molecular weight is 354 g/mol. The number of nitrogens with zero attached hydrogens (tertiary/aromatic N) is 3. The van der Waals surface area contributed by atoms with Crippen molar-refractivity contribution in [2.24, 2.45) is 0 Å². The third-order valence-electron chi connectivity index (χ3n) is 5.21. The van der Waals surface area contributed by atoms with Crippen molar-refractivity contribution < 1.29 is 4.74 Å². The van der Waals surface area contributed by atoms with Crippen LogP contribution in [-0.2, 0) is 6.54 Å². The Balaban J connectivity index is 1.80. The number of pyridine rings is 1. The van der Waals surface area contributed by atoms with Crippen molar-refractivity contribution in [3.63, 3.8) is 0 Å². The highest BCUT2D eigenvalue weighted by Crippen LogP contribution is 2.31. The van der Waals surface area contributed by atoms with Crippen molar-refractivity contribution in [3.8, 4) is 5.88 Å². The van der Waals surface area contributed by atoms with Crippen LogP contribution in [0.25, 0.3) is 0 Å². The van der Waals surface area contributed by atoms with Crippen LogP contribution in [-0.4, -0.2) is 48.6 Å². The molecular formula is C21H30N4O. The van der Waals surface area contributed by atoms with Gasteiger partial charge in [-0.1, -0.05) is 38.1 Å². The monoisotopic (exact) mass is 354 g/mol. The molecule has 0 amide bonds. The molecule has 0 spiro atoms. The fourth-order valence-corrected chi connectivity index (χ4v) is 3.79. The highest BCUT2D eigenvalue weighted by Gasteiger charge is 2.27. The Labute approximate surface area is 156 Å².